The number of methoxy groups -OCH3 is 1. The zero-order chi connectivity index (χ0) is 18.4. The lowest BCUT2D eigenvalue weighted by Crippen LogP contribution is -2.21. The molecule has 0 aliphatic rings. The minimum Gasteiger partial charge on any atom is -0.495 e. The fourth-order valence-electron chi connectivity index (χ4n) is 2.27. The number of rotatable bonds is 6. The first-order chi connectivity index (χ1) is 11.9. The molecule has 2 N–H and O–H groups in total. The number of carbonyl (C=O) groups is 2. The van der Waals surface area contributed by atoms with Gasteiger partial charge in [0.15, 0.2) is 6.61 Å². The molecular formula is C19H22N2O4. The van der Waals surface area contributed by atoms with Crippen LogP contribution in [0.5, 0.6) is 11.5 Å². The molecule has 6 nitrogen and oxygen atoms in total. The second kappa shape index (κ2) is 8.19. The average Bonchev–Trinajstić information content (AvgIpc) is 2.62. The van der Waals surface area contributed by atoms with Crippen molar-refractivity contribution in [3.8, 4) is 11.5 Å². The molecule has 0 heterocycles. The summed E-state index contributed by atoms with van der Waals surface area (Å²) in [7, 11) is 3.03. The van der Waals surface area contributed by atoms with Gasteiger partial charge < -0.3 is 20.1 Å². The third-order valence-corrected chi connectivity index (χ3v) is 3.67. The van der Waals surface area contributed by atoms with Gasteiger partial charge in [0, 0.05) is 12.6 Å². The van der Waals surface area contributed by atoms with Crippen molar-refractivity contribution in [2.24, 2.45) is 0 Å². The van der Waals surface area contributed by atoms with Gasteiger partial charge >= 0.3 is 0 Å². The monoisotopic (exact) mass is 342 g/mol. The van der Waals surface area contributed by atoms with Crippen molar-refractivity contribution in [3.05, 3.63) is 53.1 Å². The molecule has 2 aromatic carbocycles. The molecule has 0 saturated heterocycles. The van der Waals surface area contributed by atoms with Gasteiger partial charge in [-0.3, -0.25) is 9.59 Å². The minimum absolute atomic E-state index is 0.120. The van der Waals surface area contributed by atoms with Crippen LogP contribution in [0.15, 0.2) is 36.4 Å². The van der Waals surface area contributed by atoms with Crippen LogP contribution in [0.3, 0.4) is 0 Å². The number of benzene rings is 2. The van der Waals surface area contributed by atoms with Crippen LogP contribution in [0.4, 0.5) is 5.69 Å². The second-order valence-corrected chi connectivity index (χ2v) is 5.60. The number of anilines is 1. The summed E-state index contributed by atoms with van der Waals surface area (Å²) >= 11 is 0. The van der Waals surface area contributed by atoms with Gasteiger partial charge in [-0.2, -0.15) is 0 Å². The molecule has 0 aliphatic carbocycles. The molecule has 0 atom stereocenters. The van der Waals surface area contributed by atoms with Crippen LogP contribution in [0, 0.1) is 13.8 Å². The number of ether oxygens (including phenoxy) is 2. The lowest BCUT2D eigenvalue weighted by atomic mass is 10.1. The zero-order valence-corrected chi connectivity index (χ0v) is 14.8. The SMILES string of the molecule is CNC(=O)c1ccc(NC(=O)COc2cc(C)ccc2C)c(OC)c1. The highest BCUT2D eigenvalue weighted by molar-refractivity contribution is 5.97. The molecule has 0 bridgehead atoms. The van der Waals surface area contributed by atoms with E-state index < -0.39 is 0 Å². The zero-order valence-electron chi connectivity index (χ0n) is 14.8. The molecule has 0 aliphatic heterocycles. The van der Waals surface area contributed by atoms with E-state index >= 15 is 0 Å². The third-order valence-electron chi connectivity index (χ3n) is 3.67. The Kier molecular flexibility index (Phi) is 6.00. The third kappa shape index (κ3) is 4.73. The molecule has 25 heavy (non-hydrogen) atoms. The van der Waals surface area contributed by atoms with E-state index in [1.807, 2.05) is 32.0 Å². The fourth-order valence-corrected chi connectivity index (χ4v) is 2.27. The highest BCUT2D eigenvalue weighted by Crippen LogP contribution is 2.26. The van der Waals surface area contributed by atoms with Crippen LogP contribution >= 0.6 is 0 Å². The summed E-state index contributed by atoms with van der Waals surface area (Å²) in [5, 5.41) is 5.27. The Morgan fingerprint density at radius 1 is 1.04 bits per heavy atom. The highest BCUT2D eigenvalue weighted by atomic mass is 16.5. The van der Waals surface area contributed by atoms with Gasteiger partial charge in [0.25, 0.3) is 11.8 Å². The number of hydrogen-bond donors (Lipinski definition) is 2. The smallest absolute Gasteiger partial charge is 0.262 e. The summed E-state index contributed by atoms with van der Waals surface area (Å²) in [5.41, 5.74) is 2.95. The Morgan fingerprint density at radius 2 is 1.80 bits per heavy atom. The molecule has 0 spiro atoms. The Labute approximate surface area is 147 Å². The van der Waals surface area contributed by atoms with Crippen LogP contribution in [0.2, 0.25) is 0 Å². The van der Waals surface area contributed by atoms with E-state index in [1.165, 1.54) is 7.11 Å². The molecule has 0 aromatic heterocycles. The van der Waals surface area contributed by atoms with Crippen LogP contribution in [-0.2, 0) is 4.79 Å². The number of amides is 2. The number of nitrogens with one attached hydrogen (secondary N) is 2. The molecule has 132 valence electrons. The lowest BCUT2D eigenvalue weighted by molar-refractivity contribution is -0.118. The minimum atomic E-state index is -0.313. The van der Waals surface area contributed by atoms with Crippen LogP contribution in [0.1, 0.15) is 21.5 Å². The summed E-state index contributed by atoms with van der Waals surface area (Å²) in [4.78, 5) is 23.8. The largest absolute Gasteiger partial charge is 0.495 e. The van der Waals surface area contributed by atoms with Crippen molar-refractivity contribution in [1.29, 1.82) is 0 Å². The molecule has 2 rings (SSSR count). The maximum atomic E-state index is 12.2. The van der Waals surface area contributed by atoms with Crippen LogP contribution in [0.25, 0.3) is 0 Å². The van der Waals surface area contributed by atoms with Crippen molar-refractivity contribution in [2.75, 3.05) is 26.1 Å². The normalized spacial score (nSPS) is 10.1. The number of aryl methyl sites for hydroxylation is 2. The summed E-state index contributed by atoms with van der Waals surface area (Å²) < 4.78 is 10.8. The summed E-state index contributed by atoms with van der Waals surface area (Å²) in [6, 6.07) is 10.6. The summed E-state index contributed by atoms with van der Waals surface area (Å²) in [6.07, 6.45) is 0. The highest BCUT2D eigenvalue weighted by Gasteiger charge is 2.12. The van der Waals surface area contributed by atoms with Gasteiger partial charge in [-0.05, 0) is 49.2 Å². The molecule has 2 aromatic rings. The molecule has 6 heteroatoms. The standard InChI is InChI=1S/C19H22N2O4/c1-12-5-6-13(2)16(9-12)25-11-18(22)21-15-8-7-14(19(23)20-3)10-17(15)24-4/h5-10H,11H2,1-4H3,(H,20,23)(H,21,22). The topological polar surface area (TPSA) is 76.7 Å². The Hall–Kier alpha value is -3.02. The van der Waals surface area contributed by atoms with Crippen molar-refractivity contribution >= 4 is 17.5 Å². The van der Waals surface area contributed by atoms with Gasteiger partial charge in [-0.15, -0.1) is 0 Å². The summed E-state index contributed by atoms with van der Waals surface area (Å²) in [6.45, 7) is 3.77. The Balaban J connectivity index is 2.05. The van der Waals surface area contributed by atoms with E-state index in [1.54, 1.807) is 25.2 Å². The molecule has 0 fully saturated rings. The average molecular weight is 342 g/mol. The maximum absolute atomic E-state index is 12.2. The first-order valence-corrected chi connectivity index (χ1v) is 7.84. The van der Waals surface area contributed by atoms with Gasteiger partial charge in [0.1, 0.15) is 11.5 Å². The Morgan fingerprint density at radius 3 is 2.48 bits per heavy atom. The van der Waals surface area contributed by atoms with E-state index in [2.05, 4.69) is 10.6 Å². The van der Waals surface area contributed by atoms with E-state index in [-0.39, 0.29) is 18.4 Å². The van der Waals surface area contributed by atoms with Gasteiger partial charge in [0.2, 0.25) is 0 Å². The predicted molar refractivity (Wildman–Crippen MR) is 96.4 cm³/mol. The van der Waals surface area contributed by atoms with Crippen LogP contribution < -0.4 is 20.1 Å². The van der Waals surface area contributed by atoms with E-state index in [0.717, 1.165) is 11.1 Å². The van der Waals surface area contributed by atoms with E-state index in [4.69, 9.17) is 9.47 Å². The Bertz CT molecular complexity index is 787. The summed E-state index contributed by atoms with van der Waals surface area (Å²) in [5.74, 6) is 0.541. The van der Waals surface area contributed by atoms with Gasteiger partial charge in [-0.25, -0.2) is 0 Å². The molecule has 0 unspecified atom stereocenters. The molecular weight excluding hydrogens is 320 g/mol. The quantitative estimate of drug-likeness (QED) is 0.846. The predicted octanol–water partition coefficient (Wildman–Crippen LogP) is 2.69. The van der Waals surface area contributed by atoms with E-state index in [0.29, 0.717) is 22.7 Å². The fraction of sp³-hybridized carbons (Fsp3) is 0.263. The lowest BCUT2D eigenvalue weighted by Gasteiger charge is -2.13. The van der Waals surface area contributed by atoms with Crippen LogP contribution in [-0.4, -0.2) is 32.6 Å². The molecule has 2 amide bonds. The first-order valence-electron chi connectivity index (χ1n) is 7.84. The van der Waals surface area contributed by atoms with Crippen molar-refractivity contribution in [1.82, 2.24) is 5.32 Å². The number of hydrogen-bond acceptors (Lipinski definition) is 4. The van der Waals surface area contributed by atoms with Gasteiger partial charge in [-0.1, -0.05) is 12.1 Å². The van der Waals surface area contributed by atoms with E-state index in [9.17, 15) is 9.59 Å². The second-order valence-electron chi connectivity index (χ2n) is 5.60. The number of carbonyl (C=O) groups excluding carboxylic acids is 2. The molecule has 0 saturated carbocycles. The molecule has 0 radical (unpaired) electrons. The van der Waals surface area contributed by atoms with Gasteiger partial charge in [0.05, 0.1) is 12.8 Å². The van der Waals surface area contributed by atoms with Crippen molar-refractivity contribution in [2.45, 2.75) is 13.8 Å². The maximum Gasteiger partial charge on any atom is 0.262 e. The van der Waals surface area contributed by atoms with Crippen molar-refractivity contribution < 1.29 is 19.1 Å². The van der Waals surface area contributed by atoms with Crippen molar-refractivity contribution in [3.63, 3.8) is 0 Å². The first kappa shape index (κ1) is 18.3.